The van der Waals surface area contributed by atoms with Crippen LogP contribution in [0.3, 0.4) is 0 Å². The Kier molecular flexibility index (Phi) is 6.33. The average molecular weight is 466 g/mol. The van der Waals surface area contributed by atoms with Crippen LogP contribution in [0.15, 0.2) is 36.7 Å². The number of pyridine rings is 1. The van der Waals surface area contributed by atoms with Gasteiger partial charge in [0.25, 0.3) is 0 Å². The van der Waals surface area contributed by atoms with Crippen LogP contribution in [0.2, 0.25) is 5.02 Å². The number of hydrogen-bond acceptors (Lipinski definition) is 5. The lowest BCUT2D eigenvalue weighted by Gasteiger charge is -2.24. The summed E-state index contributed by atoms with van der Waals surface area (Å²) in [5.74, 6) is 0. The summed E-state index contributed by atoms with van der Waals surface area (Å²) < 4.78 is 7.46. The number of carbonyl (C=O) groups excluding carboxylic acids is 1. The molecule has 172 valence electrons. The molecule has 1 aliphatic rings. The molecule has 8 heteroatoms. The minimum absolute atomic E-state index is 0.190. The van der Waals surface area contributed by atoms with Gasteiger partial charge in [0.05, 0.1) is 16.8 Å². The molecule has 0 unspecified atom stereocenters. The molecule has 0 aliphatic carbocycles. The summed E-state index contributed by atoms with van der Waals surface area (Å²) in [5, 5.41) is 14.9. The Balaban J connectivity index is 1.49. The molecule has 1 atom stereocenters. The number of hydrogen-bond donors (Lipinski definition) is 1. The topological polar surface area (TPSA) is 83.2 Å². The van der Waals surface area contributed by atoms with E-state index in [9.17, 15) is 10.1 Å². The lowest BCUT2D eigenvalue weighted by molar-refractivity contribution is 0.0291. The van der Waals surface area contributed by atoms with Crippen LogP contribution in [0.4, 0.5) is 4.79 Å². The van der Waals surface area contributed by atoms with Gasteiger partial charge in [0.2, 0.25) is 0 Å². The number of likely N-dealkylation sites (tertiary alicyclic amines) is 1. The third-order valence-corrected chi connectivity index (χ3v) is 6.01. The molecule has 1 fully saturated rings. The number of nitriles is 1. The van der Waals surface area contributed by atoms with Gasteiger partial charge in [-0.3, -0.25) is 4.98 Å². The molecule has 3 heterocycles. The highest BCUT2D eigenvalue weighted by Gasteiger charge is 2.29. The highest BCUT2D eigenvalue weighted by molar-refractivity contribution is 6.31. The Bertz CT molecular complexity index is 1240. The maximum atomic E-state index is 12.3. The van der Waals surface area contributed by atoms with E-state index in [1.54, 1.807) is 17.2 Å². The molecule has 0 radical (unpaired) electrons. The second kappa shape index (κ2) is 9.05. The van der Waals surface area contributed by atoms with E-state index in [-0.39, 0.29) is 12.1 Å². The van der Waals surface area contributed by atoms with E-state index in [1.807, 2.05) is 50.7 Å². The van der Waals surface area contributed by atoms with Crippen molar-refractivity contribution in [2.75, 3.05) is 13.1 Å². The number of carbonyl (C=O) groups is 1. The SMILES string of the molecule is Cn1c(-c2cncc(CN[C@H]3CCN(C(=O)OC(C)(C)C)C3)c2)c(C#N)c2ccc(Cl)cc21. The Labute approximate surface area is 198 Å². The predicted octanol–water partition coefficient (Wildman–Crippen LogP) is 4.86. The third kappa shape index (κ3) is 4.97. The Morgan fingerprint density at radius 1 is 1.33 bits per heavy atom. The van der Waals surface area contributed by atoms with Crippen molar-refractivity contribution in [3.05, 3.63) is 52.8 Å². The first-order valence-electron chi connectivity index (χ1n) is 11.0. The van der Waals surface area contributed by atoms with Crippen LogP contribution in [-0.2, 0) is 18.3 Å². The van der Waals surface area contributed by atoms with E-state index >= 15 is 0 Å². The van der Waals surface area contributed by atoms with Crippen LogP contribution in [-0.4, -0.2) is 45.3 Å². The zero-order chi connectivity index (χ0) is 23.8. The van der Waals surface area contributed by atoms with Gasteiger partial charge in [-0.2, -0.15) is 5.26 Å². The number of rotatable bonds is 4. The van der Waals surface area contributed by atoms with Crippen LogP contribution < -0.4 is 5.32 Å². The average Bonchev–Trinajstić information content (AvgIpc) is 3.34. The Morgan fingerprint density at radius 2 is 2.12 bits per heavy atom. The van der Waals surface area contributed by atoms with Gasteiger partial charge in [-0.05, 0) is 57.0 Å². The van der Waals surface area contributed by atoms with E-state index < -0.39 is 5.60 Å². The number of fused-ring (bicyclic) bond motifs is 1. The fraction of sp³-hybridized carbons (Fsp3) is 0.400. The van der Waals surface area contributed by atoms with Crippen LogP contribution in [0.1, 0.15) is 38.3 Å². The number of halogens is 1. The molecule has 1 N–H and O–H groups in total. The van der Waals surface area contributed by atoms with Gasteiger partial charge in [-0.1, -0.05) is 11.6 Å². The number of nitrogens with one attached hydrogen (secondary N) is 1. The number of aromatic nitrogens is 2. The fourth-order valence-corrected chi connectivity index (χ4v) is 4.42. The summed E-state index contributed by atoms with van der Waals surface area (Å²) in [4.78, 5) is 18.5. The number of nitrogens with zero attached hydrogens (tertiary/aromatic N) is 4. The number of benzene rings is 1. The monoisotopic (exact) mass is 465 g/mol. The predicted molar refractivity (Wildman–Crippen MR) is 129 cm³/mol. The van der Waals surface area contributed by atoms with E-state index in [1.165, 1.54) is 0 Å². The lowest BCUT2D eigenvalue weighted by atomic mass is 10.1. The second-order valence-corrected chi connectivity index (χ2v) is 9.87. The van der Waals surface area contributed by atoms with Crippen molar-refractivity contribution in [3.63, 3.8) is 0 Å². The molecule has 1 saturated heterocycles. The first-order chi connectivity index (χ1) is 15.7. The summed E-state index contributed by atoms with van der Waals surface area (Å²) in [6.07, 6.45) is 4.20. The molecule has 7 nitrogen and oxygen atoms in total. The summed E-state index contributed by atoms with van der Waals surface area (Å²) in [7, 11) is 1.93. The zero-order valence-corrected chi connectivity index (χ0v) is 20.1. The summed E-state index contributed by atoms with van der Waals surface area (Å²) in [5.41, 5.74) is 3.73. The zero-order valence-electron chi connectivity index (χ0n) is 19.4. The van der Waals surface area contributed by atoms with Gasteiger partial charge in [-0.25, -0.2) is 4.79 Å². The lowest BCUT2D eigenvalue weighted by Crippen LogP contribution is -2.38. The first kappa shape index (κ1) is 23.1. The molecule has 1 aliphatic heterocycles. The molecular weight excluding hydrogens is 438 g/mol. The summed E-state index contributed by atoms with van der Waals surface area (Å²) >= 11 is 6.18. The highest BCUT2D eigenvalue weighted by Crippen LogP contribution is 2.34. The normalized spacial score (nSPS) is 16.2. The van der Waals surface area contributed by atoms with Gasteiger partial charge < -0.3 is 19.5 Å². The Morgan fingerprint density at radius 3 is 2.85 bits per heavy atom. The van der Waals surface area contributed by atoms with E-state index in [0.717, 1.165) is 34.1 Å². The largest absolute Gasteiger partial charge is 0.444 e. The van der Waals surface area contributed by atoms with Gasteiger partial charge in [-0.15, -0.1) is 0 Å². The van der Waals surface area contributed by atoms with E-state index in [0.29, 0.717) is 30.2 Å². The number of aryl methyl sites for hydroxylation is 1. The Hall–Kier alpha value is -3.08. The third-order valence-electron chi connectivity index (χ3n) is 5.78. The molecule has 1 amide bonds. The smallest absolute Gasteiger partial charge is 0.410 e. The maximum Gasteiger partial charge on any atom is 0.410 e. The van der Waals surface area contributed by atoms with Crippen LogP contribution in [0, 0.1) is 11.3 Å². The first-order valence-corrected chi connectivity index (χ1v) is 11.4. The van der Waals surface area contributed by atoms with Crippen molar-refractivity contribution in [3.8, 4) is 17.3 Å². The second-order valence-electron chi connectivity index (χ2n) is 9.43. The van der Waals surface area contributed by atoms with Crippen LogP contribution >= 0.6 is 11.6 Å². The number of amides is 1. The van der Waals surface area contributed by atoms with Crippen molar-refractivity contribution >= 4 is 28.6 Å². The molecular formula is C25H28ClN5O2. The molecule has 3 aromatic rings. The maximum absolute atomic E-state index is 12.3. The fourth-order valence-electron chi connectivity index (χ4n) is 4.26. The molecule has 0 saturated carbocycles. The van der Waals surface area contributed by atoms with Crippen molar-refractivity contribution in [2.24, 2.45) is 7.05 Å². The minimum Gasteiger partial charge on any atom is -0.444 e. The standard InChI is InChI=1S/C25H28ClN5O2/c1-25(2,3)33-24(32)31-8-7-19(15-31)29-13-16-9-17(14-28-12-16)23-21(11-27)20-6-5-18(26)10-22(20)30(23)4/h5-6,9-10,12,14,19,29H,7-8,13,15H2,1-4H3/t19-/m0/s1. The van der Waals surface area contributed by atoms with E-state index in [4.69, 9.17) is 16.3 Å². The highest BCUT2D eigenvalue weighted by atomic mass is 35.5. The van der Waals surface area contributed by atoms with Crippen molar-refractivity contribution in [1.29, 1.82) is 5.26 Å². The summed E-state index contributed by atoms with van der Waals surface area (Å²) in [6, 6.07) is 10.1. The van der Waals surface area contributed by atoms with Gasteiger partial charge >= 0.3 is 6.09 Å². The molecule has 1 aromatic carbocycles. The van der Waals surface area contributed by atoms with E-state index in [2.05, 4.69) is 22.4 Å². The van der Waals surface area contributed by atoms with Crippen molar-refractivity contribution < 1.29 is 9.53 Å². The van der Waals surface area contributed by atoms with Crippen molar-refractivity contribution in [1.82, 2.24) is 19.8 Å². The summed E-state index contributed by atoms with van der Waals surface area (Å²) in [6.45, 7) is 7.53. The molecule has 0 bridgehead atoms. The molecule has 0 spiro atoms. The van der Waals surface area contributed by atoms with Crippen LogP contribution in [0.5, 0.6) is 0 Å². The van der Waals surface area contributed by atoms with Crippen LogP contribution in [0.25, 0.3) is 22.2 Å². The number of ether oxygens (including phenoxy) is 1. The van der Waals surface area contributed by atoms with Crippen molar-refractivity contribution in [2.45, 2.75) is 45.4 Å². The minimum atomic E-state index is -0.496. The molecule has 4 rings (SSSR count). The quantitative estimate of drug-likeness (QED) is 0.594. The van der Waals surface area contributed by atoms with Gasteiger partial charge in [0.1, 0.15) is 11.7 Å². The van der Waals surface area contributed by atoms with Gasteiger partial charge in [0.15, 0.2) is 0 Å². The molecule has 2 aromatic heterocycles. The van der Waals surface area contributed by atoms with Gasteiger partial charge in [0, 0.05) is 61.1 Å². The molecule has 33 heavy (non-hydrogen) atoms.